The Morgan fingerprint density at radius 2 is 0.512 bits per heavy atom. The number of para-hydroxylation sites is 3. The maximum atomic E-state index is 12.4. The summed E-state index contributed by atoms with van der Waals surface area (Å²) < 4.78 is 30.9. The summed E-state index contributed by atoms with van der Waals surface area (Å²) in [6.07, 6.45) is -1.55. The Bertz CT molecular complexity index is 3180. The van der Waals surface area contributed by atoms with Crippen LogP contribution in [0.5, 0.6) is 51.7 Å². The van der Waals surface area contributed by atoms with Crippen LogP contribution >= 0.6 is 9.24 Å². The average molecular weight is 1160 g/mol. The normalized spacial score (nSPS) is 10.4. The molecule has 0 aliphatic rings. The van der Waals surface area contributed by atoms with E-state index >= 15 is 0 Å². The van der Waals surface area contributed by atoms with Gasteiger partial charge in [-0.15, -0.1) is 9.24 Å². The van der Waals surface area contributed by atoms with E-state index in [9.17, 15) is 24.6 Å². The van der Waals surface area contributed by atoms with Gasteiger partial charge in [0, 0.05) is 23.2 Å². The summed E-state index contributed by atoms with van der Waals surface area (Å²) in [7, 11) is 4.08. The van der Waals surface area contributed by atoms with Gasteiger partial charge in [-0.25, -0.2) is 9.59 Å². The first-order valence-corrected chi connectivity index (χ1v) is 27.3. The van der Waals surface area contributed by atoms with E-state index in [0.29, 0.717) is 34.5 Å². The molecule has 0 heterocycles. The summed E-state index contributed by atoms with van der Waals surface area (Å²) in [5, 5.41) is 27.7. The molecule has 0 saturated heterocycles. The smallest absolute Gasteiger partial charge is 0.508 e. The van der Waals surface area contributed by atoms with Gasteiger partial charge in [-0.2, -0.15) is 0 Å². The highest BCUT2D eigenvalue weighted by atomic mass is 31.0. The molecule has 440 valence electrons. The van der Waals surface area contributed by atoms with Crippen LogP contribution in [0.25, 0.3) is 0 Å². The van der Waals surface area contributed by atoms with Crippen LogP contribution in [0, 0.1) is 0 Å². The fourth-order valence-corrected chi connectivity index (χ4v) is 8.08. The van der Waals surface area contributed by atoms with Crippen LogP contribution in [0.15, 0.2) is 237 Å². The molecular weight excluding hydrogens is 1080 g/mol. The molecule has 13 heteroatoms. The summed E-state index contributed by atoms with van der Waals surface area (Å²) in [6.45, 7) is 16.0. The summed E-state index contributed by atoms with van der Waals surface area (Å²) in [6, 6.07) is 70.8. The molecule has 9 rings (SSSR count). The van der Waals surface area contributed by atoms with Gasteiger partial charge < -0.3 is 43.7 Å². The van der Waals surface area contributed by atoms with E-state index in [-0.39, 0.29) is 48.6 Å². The van der Waals surface area contributed by atoms with E-state index in [1.54, 1.807) is 128 Å². The number of hydrogen-bond acceptors (Lipinski definition) is 12. The summed E-state index contributed by atoms with van der Waals surface area (Å²) in [5.41, 5.74) is 5.84. The number of phenols is 3. The molecule has 84 heavy (non-hydrogen) atoms. The Kier molecular flexibility index (Phi) is 27.5. The number of aromatic hydroxyl groups is 3. The molecular formula is C71H79O12P. The van der Waals surface area contributed by atoms with Crippen molar-refractivity contribution in [2.45, 2.75) is 79.6 Å². The molecule has 0 saturated carbocycles. The van der Waals surface area contributed by atoms with Crippen LogP contribution in [-0.2, 0) is 21.0 Å². The first-order chi connectivity index (χ1) is 39.2. The number of carbonyl (C=O) groups excluding carboxylic acids is 3. The molecule has 1 unspecified atom stereocenters. The summed E-state index contributed by atoms with van der Waals surface area (Å²) in [4.78, 5) is 34.6. The number of esters is 1. The maximum Gasteiger partial charge on any atom is 0.519 e. The Morgan fingerprint density at radius 1 is 0.310 bits per heavy atom. The number of rotatable bonds is 12. The van der Waals surface area contributed by atoms with Gasteiger partial charge in [-0.1, -0.05) is 190 Å². The van der Waals surface area contributed by atoms with Gasteiger partial charge in [0.25, 0.3) is 0 Å². The van der Waals surface area contributed by atoms with Crippen molar-refractivity contribution in [1.29, 1.82) is 0 Å². The molecule has 0 amide bonds. The van der Waals surface area contributed by atoms with Crippen LogP contribution in [0.3, 0.4) is 0 Å². The van der Waals surface area contributed by atoms with Gasteiger partial charge in [-0.3, -0.25) is 4.79 Å². The van der Waals surface area contributed by atoms with Gasteiger partial charge in [0.2, 0.25) is 0 Å². The zero-order chi connectivity index (χ0) is 59.7. The number of methoxy groups -OCH3 is 1. The van der Waals surface area contributed by atoms with Gasteiger partial charge in [0.1, 0.15) is 51.7 Å². The topological polar surface area (TPSA) is 167 Å². The van der Waals surface area contributed by atoms with Crippen molar-refractivity contribution < 1.29 is 58.1 Å². The quantitative estimate of drug-likeness (QED) is 0.0459. The highest BCUT2D eigenvalue weighted by Crippen LogP contribution is 2.36. The van der Waals surface area contributed by atoms with E-state index in [0.717, 1.165) is 33.6 Å². The second kappa shape index (κ2) is 33.5. The van der Waals surface area contributed by atoms with Crippen LogP contribution in [0.1, 0.15) is 96.7 Å². The molecule has 3 N–H and O–H groups in total. The van der Waals surface area contributed by atoms with Gasteiger partial charge in [0.05, 0.1) is 7.11 Å². The zero-order valence-electron chi connectivity index (χ0n) is 47.6. The van der Waals surface area contributed by atoms with E-state index in [1.807, 2.05) is 110 Å². The minimum Gasteiger partial charge on any atom is -0.508 e. The lowest BCUT2D eigenvalue weighted by atomic mass is 9.78. The highest BCUT2D eigenvalue weighted by Gasteiger charge is 2.26. The Morgan fingerprint density at radius 3 is 0.738 bits per heavy atom. The van der Waals surface area contributed by atoms with E-state index < -0.39 is 12.3 Å². The number of carbonyl (C=O) groups is 3. The highest BCUT2D eigenvalue weighted by molar-refractivity contribution is 7.15. The Balaban J connectivity index is 0.000000326. The van der Waals surface area contributed by atoms with Crippen molar-refractivity contribution in [2.75, 3.05) is 13.8 Å². The number of hydrogen-bond donors (Lipinski definition) is 3. The third-order valence-electron chi connectivity index (χ3n) is 13.0. The Hall–Kier alpha value is -9.38. The molecule has 0 fully saturated rings. The van der Waals surface area contributed by atoms with Crippen molar-refractivity contribution in [3.63, 3.8) is 0 Å². The predicted molar refractivity (Wildman–Crippen MR) is 340 cm³/mol. The van der Waals surface area contributed by atoms with E-state index in [4.69, 9.17) is 33.5 Å². The largest absolute Gasteiger partial charge is 0.519 e. The molecule has 0 aliphatic carbocycles. The first kappa shape index (κ1) is 68.9. The van der Waals surface area contributed by atoms with Gasteiger partial charge >= 0.3 is 18.3 Å². The van der Waals surface area contributed by atoms with Crippen LogP contribution < -0.4 is 28.4 Å². The van der Waals surface area contributed by atoms with Crippen molar-refractivity contribution in [2.24, 2.45) is 0 Å². The standard InChI is InChI=1S/C31H30O5.C18H20O3.C13H10O3.C6H6O.CH5P.2CH4/c1-30(2,21-5-13-25(32)14-6-21)23-9-17-27(18-10-23)35-29(34)36-28-19-11-24(12-20-28)31(3,4)22-7-15-26(33)16-8-22;1-13(19)21-17-11-7-15(8-12-17)18(2,3)14-5-9-16(20-4)10-6-14;14-13(15-11-7-3-1-4-8-11)16-12-9-5-2-6-10-12;7-6-4-2-1-3-5-6;1-2;;/h5-20,32-33H,1-4H3;5-12H,1-4H3;1-10H;1-5,7H;2H2,1H3;2*1H4. The summed E-state index contributed by atoms with van der Waals surface area (Å²) >= 11 is 0. The van der Waals surface area contributed by atoms with Crippen molar-refractivity contribution in [3.8, 4) is 51.7 Å². The average Bonchev–Trinajstić information content (AvgIpc) is 3.65. The van der Waals surface area contributed by atoms with Crippen molar-refractivity contribution >= 4 is 27.5 Å². The van der Waals surface area contributed by atoms with E-state index in [1.165, 1.54) is 12.5 Å². The molecule has 9 aromatic rings. The maximum absolute atomic E-state index is 12.4. The molecule has 0 aromatic heterocycles. The third-order valence-corrected chi connectivity index (χ3v) is 13.0. The zero-order valence-corrected chi connectivity index (χ0v) is 48.8. The molecule has 9 aromatic carbocycles. The van der Waals surface area contributed by atoms with E-state index in [2.05, 4.69) is 62.9 Å². The fraction of sp³-hybridized carbons (Fsp3) is 0.197. The lowest BCUT2D eigenvalue weighted by molar-refractivity contribution is -0.131. The van der Waals surface area contributed by atoms with Crippen LogP contribution in [0.2, 0.25) is 0 Å². The minimum atomic E-state index is -0.814. The van der Waals surface area contributed by atoms with Gasteiger partial charge in [-0.05, 0) is 143 Å². The van der Waals surface area contributed by atoms with Crippen LogP contribution in [0.4, 0.5) is 9.59 Å². The van der Waals surface area contributed by atoms with Crippen molar-refractivity contribution in [3.05, 3.63) is 270 Å². The fourth-order valence-electron chi connectivity index (χ4n) is 8.08. The molecule has 1 atom stereocenters. The second-order valence-electron chi connectivity index (χ2n) is 19.7. The van der Waals surface area contributed by atoms with Crippen LogP contribution in [-0.4, -0.2) is 47.4 Å². The molecule has 0 spiro atoms. The van der Waals surface area contributed by atoms with Gasteiger partial charge in [0.15, 0.2) is 0 Å². The lowest BCUT2D eigenvalue weighted by Gasteiger charge is -2.26. The monoisotopic (exact) mass is 1150 g/mol. The number of ether oxygens (including phenoxy) is 6. The number of benzene rings is 9. The summed E-state index contributed by atoms with van der Waals surface area (Å²) in [5.74, 6) is 3.58. The second-order valence-corrected chi connectivity index (χ2v) is 19.7. The number of phenolic OH excluding ortho intramolecular Hbond substituents is 3. The minimum absolute atomic E-state index is 0. The molecule has 12 nitrogen and oxygen atoms in total. The molecule has 0 radical (unpaired) electrons. The predicted octanol–water partition coefficient (Wildman–Crippen LogP) is 17.7. The third kappa shape index (κ3) is 21.2. The SMILES string of the molecule is C.C.CC(C)(c1ccc(O)cc1)c1ccc(OC(=O)Oc2ccc(C(C)(C)c3ccc(O)cc3)cc2)cc1.COc1ccc(C(C)(C)c2ccc(OC(C)=O)cc2)cc1.CP.O=C(Oc1ccccc1)Oc1ccccc1.Oc1ccccc1. The first-order valence-electron chi connectivity index (χ1n) is 26.2. The molecule has 0 bridgehead atoms. The lowest BCUT2D eigenvalue weighted by Crippen LogP contribution is -2.19. The molecule has 0 aliphatic heterocycles. The van der Waals surface area contributed by atoms with Crippen molar-refractivity contribution in [1.82, 2.24) is 0 Å². The Labute approximate surface area is 498 Å².